The second-order valence-corrected chi connectivity index (χ2v) is 8.25. The van der Waals surface area contributed by atoms with E-state index >= 15 is 0 Å². The summed E-state index contributed by atoms with van der Waals surface area (Å²) < 4.78 is 30.3. The van der Waals surface area contributed by atoms with Gasteiger partial charge < -0.3 is 20.9 Å². The smallest absolute Gasteiger partial charge is 0.254 e. The number of primary amides is 1. The van der Waals surface area contributed by atoms with E-state index in [0.717, 1.165) is 49.7 Å². The number of rotatable bonds is 5. The topological polar surface area (TPSA) is 91.8 Å². The Hall–Kier alpha value is -4.05. The van der Waals surface area contributed by atoms with Crippen molar-refractivity contribution < 1.29 is 13.6 Å². The number of benzene rings is 2. The lowest BCUT2D eigenvalue weighted by Gasteiger charge is -2.34. The number of amides is 1. The fourth-order valence-electron chi connectivity index (χ4n) is 4.13. The number of fused-ring (bicyclic) bond motifs is 1. The van der Waals surface area contributed by atoms with Gasteiger partial charge in [-0.05, 0) is 43.4 Å². The van der Waals surface area contributed by atoms with Crippen molar-refractivity contribution in [3.63, 3.8) is 0 Å². The van der Waals surface area contributed by atoms with Gasteiger partial charge in [0.05, 0.1) is 11.9 Å². The Morgan fingerprint density at radius 3 is 2.35 bits per heavy atom. The largest absolute Gasteiger partial charge is 0.369 e. The quantitative estimate of drug-likeness (QED) is 0.472. The third kappa shape index (κ3) is 4.03. The molecule has 0 aliphatic carbocycles. The minimum atomic E-state index is -1.16. The van der Waals surface area contributed by atoms with Crippen LogP contribution in [0.5, 0.6) is 0 Å². The number of aromatic nitrogens is 3. The van der Waals surface area contributed by atoms with E-state index in [9.17, 15) is 13.6 Å². The van der Waals surface area contributed by atoms with Crippen molar-refractivity contribution in [2.24, 2.45) is 5.73 Å². The lowest BCUT2D eigenvalue weighted by atomic mass is 10.1. The summed E-state index contributed by atoms with van der Waals surface area (Å²) in [5.74, 6) is -2.72. The second-order valence-electron chi connectivity index (χ2n) is 8.25. The number of halogens is 2. The maximum absolute atomic E-state index is 14.3. The van der Waals surface area contributed by atoms with Crippen LogP contribution in [0.3, 0.4) is 0 Å². The van der Waals surface area contributed by atoms with E-state index in [1.165, 1.54) is 6.20 Å². The van der Waals surface area contributed by atoms with Crippen molar-refractivity contribution in [3.05, 3.63) is 72.2 Å². The van der Waals surface area contributed by atoms with Crippen LogP contribution in [0.1, 0.15) is 10.4 Å². The number of imidazole rings is 1. The number of hydrogen-bond acceptors (Lipinski definition) is 6. The van der Waals surface area contributed by atoms with Crippen molar-refractivity contribution in [3.8, 4) is 11.3 Å². The molecule has 5 rings (SSSR count). The van der Waals surface area contributed by atoms with Crippen LogP contribution in [0.25, 0.3) is 16.9 Å². The Morgan fingerprint density at radius 2 is 1.71 bits per heavy atom. The number of piperazine rings is 1. The van der Waals surface area contributed by atoms with Crippen LogP contribution in [-0.4, -0.2) is 58.4 Å². The summed E-state index contributed by atoms with van der Waals surface area (Å²) in [5.41, 5.74) is 7.41. The first-order valence-corrected chi connectivity index (χ1v) is 10.8. The first kappa shape index (κ1) is 21.8. The zero-order chi connectivity index (χ0) is 23.8. The molecule has 0 spiro atoms. The van der Waals surface area contributed by atoms with Crippen molar-refractivity contribution >= 4 is 28.7 Å². The van der Waals surface area contributed by atoms with E-state index < -0.39 is 23.1 Å². The van der Waals surface area contributed by atoms with Crippen molar-refractivity contribution in [2.75, 3.05) is 43.4 Å². The fourth-order valence-corrected chi connectivity index (χ4v) is 4.13. The number of nitrogens with zero attached hydrogens (tertiary/aromatic N) is 5. The summed E-state index contributed by atoms with van der Waals surface area (Å²) in [6, 6.07) is 10.2. The third-order valence-corrected chi connectivity index (χ3v) is 6.01. The van der Waals surface area contributed by atoms with Crippen LogP contribution in [0, 0.1) is 11.6 Å². The average molecular weight is 463 g/mol. The summed E-state index contributed by atoms with van der Waals surface area (Å²) in [4.78, 5) is 24.8. The van der Waals surface area contributed by atoms with Gasteiger partial charge >= 0.3 is 0 Å². The molecule has 1 aliphatic heterocycles. The maximum Gasteiger partial charge on any atom is 0.254 e. The van der Waals surface area contributed by atoms with Gasteiger partial charge in [-0.25, -0.2) is 18.7 Å². The molecule has 0 bridgehead atoms. The van der Waals surface area contributed by atoms with Crippen LogP contribution in [-0.2, 0) is 0 Å². The number of likely N-dealkylation sites (N-methyl/N-ethyl adjacent to an activating group) is 1. The Bertz CT molecular complexity index is 1340. The molecule has 1 saturated heterocycles. The molecule has 2 aromatic carbocycles. The summed E-state index contributed by atoms with van der Waals surface area (Å²) >= 11 is 0. The molecule has 2 aromatic heterocycles. The van der Waals surface area contributed by atoms with E-state index in [1.54, 1.807) is 16.8 Å². The van der Waals surface area contributed by atoms with Gasteiger partial charge in [0.15, 0.2) is 11.5 Å². The molecule has 0 unspecified atom stereocenters. The average Bonchev–Trinajstić information content (AvgIpc) is 3.30. The highest BCUT2D eigenvalue weighted by molar-refractivity contribution is 5.94. The van der Waals surface area contributed by atoms with E-state index in [-0.39, 0.29) is 5.56 Å². The van der Waals surface area contributed by atoms with E-state index in [4.69, 9.17) is 5.73 Å². The van der Waals surface area contributed by atoms with Gasteiger partial charge in [-0.15, -0.1) is 0 Å². The lowest BCUT2D eigenvalue weighted by Crippen LogP contribution is -2.44. The minimum Gasteiger partial charge on any atom is -0.369 e. The van der Waals surface area contributed by atoms with Gasteiger partial charge in [0.25, 0.3) is 5.91 Å². The maximum atomic E-state index is 14.3. The molecule has 0 saturated carbocycles. The second kappa shape index (κ2) is 8.71. The normalized spacial score (nSPS) is 14.5. The van der Waals surface area contributed by atoms with Gasteiger partial charge in [-0.2, -0.15) is 0 Å². The Kier molecular flexibility index (Phi) is 5.58. The standard InChI is InChI=1S/C24H23F2N7O/c1-31-8-10-32(11-9-31)17-4-2-16(3-5-17)30-23-24-28-6-7-33(24)20(14-29-23)15-12-18(25)21(22(27)34)19(26)13-15/h2-7,12-14H,8-11H2,1H3,(H2,27,34)(H,29,30). The van der Waals surface area contributed by atoms with E-state index in [1.807, 2.05) is 12.1 Å². The van der Waals surface area contributed by atoms with Gasteiger partial charge in [-0.3, -0.25) is 9.20 Å². The molecule has 1 aliphatic rings. The number of carbonyl (C=O) groups excluding carboxylic acids is 1. The number of carbonyl (C=O) groups is 1. The highest BCUT2D eigenvalue weighted by atomic mass is 19.1. The van der Waals surface area contributed by atoms with Crippen molar-refractivity contribution in [1.82, 2.24) is 19.3 Å². The SMILES string of the molecule is CN1CCN(c2ccc(Nc3ncc(-c4cc(F)c(C(N)=O)c(F)c4)n4ccnc34)cc2)CC1. The first-order valence-electron chi connectivity index (χ1n) is 10.8. The van der Waals surface area contributed by atoms with Gasteiger partial charge in [0, 0.05) is 55.5 Å². The molecule has 4 aromatic rings. The van der Waals surface area contributed by atoms with Gasteiger partial charge in [0.1, 0.15) is 17.2 Å². The molecule has 1 amide bonds. The summed E-state index contributed by atoms with van der Waals surface area (Å²) in [7, 11) is 2.13. The zero-order valence-corrected chi connectivity index (χ0v) is 18.5. The molecule has 8 nitrogen and oxygen atoms in total. The molecule has 10 heteroatoms. The predicted molar refractivity (Wildman–Crippen MR) is 126 cm³/mol. The highest BCUT2D eigenvalue weighted by Crippen LogP contribution is 2.28. The van der Waals surface area contributed by atoms with Crippen LogP contribution >= 0.6 is 0 Å². The fraction of sp³-hybridized carbons (Fsp3) is 0.208. The van der Waals surface area contributed by atoms with Crippen LogP contribution in [0.4, 0.5) is 26.0 Å². The molecular weight excluding hydrogens is 440 g/mol. The molecule has 1 fully saturated rings. The molecule has 34 heavy (non-hydrogen) atoms. The summed E-state index contributed by atoms with van der Waals surface area (Å²) in [6.07, 6.45) is 4.74. The molecule has 0 atom stereocenters. The Balaban J connectivity index is 1.42. The van der Waals surface area contributed by atoms with Gasteiger partial charge in [0.2, 0.25) is 0 Å². The summed E-state index contributed by atoms with van der Waals surface area (Å²) in [5, 5.41) is 3.27. The number of hydrogen-bond donors (Lipinski definition) is 2. The number of anilines is 3. The molecular formula is C24H23F2N7O. The molecule has 3 heterocycles. The number of nitrogens with one attached hydrogen (secondary N) is 1. The highest BCUT2D eigenvalue weighted by Gasteiger charge is 2.19. The Morgan fingerprint density at radius 1 is 1.03 bits per heavy atom. The van der Waals surface area contributed by atoms with Crippen molar-refractivity contribution in [2.45, 2.75) is 0 Å². The van der Waals surface area contributed by atoms with Crippen LogP contribution < -0.4 is 16.0 Å². The molecule has 3 N–H and O–H groups in total. The van der Waals surface area contributed by atoms with E-state index in [0.29, 0.717) is 17.2 Å². The summed E-state index contributed by atoms with van der Waals surface area (Å²) in [6.45, 7) is 4.05. The Labute approximate surface area is 194 Å². The monoisotopic (exact) mass is 463 g/mol. The van der Waals surface area contributed by atoms with Crippen LogP contribution in [0.2, 0.25) is 0 Å². The predicted octanol–water partition coefficient (Wildman–Crippen LogP) is 3.27. The van der Waals surface area contributed by atoms with E-state index in [2.05, 4.69) is 44.3 Å². The number of nitrogens with two attached hydrogens (primary N) is 1. The molecule has 0 radical (unpaired) electrons. The third-order valence-electron chi connectivity index (χ3n) is 6.01. The minimum absolute atomic E-state index is 0.207. The first-order chi connectivity index (χ1) is 16.4. The van der Waals surface area contributed by atoms with Crippen LogP contribution in [0.15, 0.2) is 55.0 Å². The molecule has 174 valence electrons. The van der Waals surface area contributed by atoms with Crippen molar-refractivity contribution in [1.29, 1.82) is 0 Å². The van der Waals surface area contributed by atoms with Gasteiger partial charge in [-0.1, -0.05) is 0 Å². The lowest BCUT2D eigenvalue weighted by molar-refractivity contribution is 0.0992. The zero-order valence-electron chi connectivity index (χ0n) is 18.5.